The first-order valence-corrected chi connectivity index (χ1v) is 7.69. The molecular formula is C16H16ClF3N2O2. The number of rotatable bonds is 3. The van der Waals surface area contributed by atoms with Gasteiger partial charge >= 0.3 is 6.18 Å². The highest BCUT2D eigenvalue weighted by molar-refractivity contribution is 6.33. The molecule has 2 amide bonds. The van der Waals surface area contributed by atoms with Gasteiger partial charge in [0.15, 0.2) is 0 Å². The maximum absolute atomic E-state index is 12.7. The molecule has 0 bridgehead atoms. The minimum Gasteiger partial charge on any atom is -0.339 e. The molecule has 1 aromatic carbocycles. The Hall–Kier alpha value is -2.02. The first-order chi connectivity index (χ1) is 11.2. The molecule has 1 saturated heterocycles. The standard InChI is InChI=1S/C16H16ClF3N2O2/c1-2-14(23)22-7-5-10(6-8-22)15(24)21-13-9-11(16(18,19)20)3-4-12(13)17/h2-4,9-10H,1,5-8H2,(H,21,24). The van der Waals surface area contributed by atoms with E-state index in [0.717, 1.165) is 18.2 Å². The lowest BCUT2D eigenvalue weighted by molar-refractivity contribution is -0.137. The van der Waals surface area contributed by atoms with E-state index in [4.69, 9.17) is 11.6 Å². The van der Waals surface area contributed by atoms with Crippen LogP contribution < -0.4 is 5.32 Å². The topological polar surface area (TPSA) is 49.4 Å². The van der Waals surface area contributed by atoms with Crippen molar-refractivity contribution in [1.29, 1.82) is 0 Å². The molecule has 4 nitrogen and oxygen atoms in total. The van der Waals surface area contributed by atoms with Crippen molar-refractivity contribution in [2.75, 3.05) is 18.4 Å². The van der Waals surface area contributed by atoms with Gasteiger partial charge in [-0.05, 0) is 37.1 Å². The third-order valence-electron chi connectivity index (χ3n) is 3.90. The Balaban J connectivity index is 2.03. The molecule has 0 saturated carbocycles. The second kappa shape index (κ2) is 7.25. The van der Waals surface area contributed by atoms with E-state index < -0.39 is 17.6 Å². The molecular weight excluding hydrogens is 345 g/mol. The van der Waals surface area contributed by atoms with Crippen molar-refractivity contribution in [3.05, 3.63) is 41.4 Å². The Bertz CT molecular complexity index is 653. The number of benzene rings is 1. The summed E-state index contributed by atoms with van der Waals surface area (Å²) >= 11 is 5.87. The van der Waals surface area contributed by atoms with Crippen molar-refractivity contribution in [1.82, 2.24) is 4.90 Å². The van der Waals surface area contributed by atoms with Crippen molar-refractivity contribution >= 4 is 29.1 Å². The van der Waals surface area contributed by atoms with Crippen molar-refractivity contribution in [2.24, 2.45) is 5.92 Å². The summed E-state index contributed by atoms with van der Waals surface area (Å²) in [7, 11) is 0. The van der Waals surface area contributed by atoms with Crippen LogP contribution >= 0.6 is 11.6 Å². The van der Waals surface area contributed by atoms with Crippen LogP contribution in [0, 0.1) is 5.92 Å². The zero-order valence-electron chi connectivity index (χ0n) is 12.7. The fourth-order valence-corrected chi connectivity index (χ4v) is 2.69. The number of anilines is 1. The molecule has 0 spiro atoms. The van der Waals surface area contributed by atoms with Gasteiger partial charge in [-0.15, -0.1) is 0 Å². The Kier molecular flexibility index (Phi) is 5.54. The van der Waals surface area contributed by atoms with Gasteiger partial charge in [-0.1, -0.05) is 18.2 Å². The second-order valence-corrected chi connectivity index (χ2v) is 5.89. The maximum Gasteiger partial charge on any atom is 0.416 e. The van der Waals surface area contributed by atoms with E-state index in [2.05, 4.69) is 11.9 Å². The van der Waals surface area contributed by atoms with E-state index in [9.17, 15) is 22.8 Å². The number of halogens is 4. The summed E-state index contributed by atoms with van der Waals surface area (Å²) < 4.78 is 38.2. The number of carbonyl (C=O) groups is 2. The van der Waals surface area contributed by atoms with E-state index in [1.807, 2.05) is 0 Å². The fraction of sp³-hybridized carbons (Fsp3) is 0.375. The summed E-state index contributed by atoms with van der Waals surface area (Å²) in [5.74, 6) is -0.985. The molecule has 0 radical (unpaired) electrons. The average Bonchev–Trinajstić information content (AvgIpc) is 2.55. The van der Waals surface area contributed by atoms with Crippen LogP contribution in [0.15, 0.2) is 30.9 Å². The van der Waals surface area contributed by atoms with Gasteiger partial charge < -0.3 is 10.2 Å². The van der Waals surface area contributed by atoms with Crippen LogP contribution in [-0.4, -0.2) is 29.8 Å². The summed E-state index contributed by atoms with van der Waals surface area (Å²) in [6.45, 7) is 4.21. The van der Waals surface area contributed by atoms with Gasteiger partial charge in [0.1, 0.15) is 0 Å². The third-order valence-corrected chi connectivity index (χ3v) is 4.23. The Morgan fingerprint density at radius 1 is 1.29 bits per heavy atom. The monoisotopic (exact) mass is 360 g/mol. The number of carbonyl (C=O) groups excluding carboxylic acids is 2. The summed E-state index contributed by atoms with van der Waals surface area (Å²) in [5, 5.41) is 2.49. The van der Waals surface area contributed by atoms with Crippen LogP contribution in [0.5, 0.6) is 0 Å². The Morgan fingerprint density at radius 2 is 1.92 bits per heavy atom. The molecule has 130 valence electrons. The highest BCUT2D eigenvalue weighted by atomic mass is 35.5. The van der Waals surface area contributed by atoms with Crippen molar-refractivity contribution in [3.8, 4) is 0 Å². The number of piperidine rings is 1. The van der Waals surface area contributed by atoms with Gasteiger partial charge in [-0.25, -0.2) is 0 Å². The molecule has 0 aliphatic carbocycles. The Labute approximate surface area is 142 Å². The number of nitrogens with one attached hydrogen (secondary N) is 1. The molecule has 0 atom stereocenters. The SMILES string of the molecule is C=CC(=O)N1CCC(C(=O)Nc2cc(C(F)(F)F)ccc2Cl)CC1. The smallest absolute Gasteiger partial charge is 0.339 e. The van der Waals surface area contributed by atoms with Gasteiger partial charge in [-0.2, -0.15) is 13.2 Å². The van der Waals surface area contributed by atoms with Gasteiger partial charge in [-0.3, -0.25) is 9.59 Å². The number of hydrogen-bond donors (Lipinski definition) is 1. The van der Waals surface area contributed by atoms with Crippen LogP contribution in [0.1, 0.15) is 18.4 Å². The van der Waals surface area contributed by atoms with Crippen molar-refractivity contribution in [2.45, 2.75) is 19.0 Å². The molecule has 1 heterocycles. The lowest BCUT2D eigenvalue weighted by Crippen LogP contribution is -2.40. The largest absolute Gasteiger partial charge is 0.416 e. The van der Waals surface area contributed by atoms with Gasteiger partial charge in [0.05, 0.1) is 16.3 Å². The van der Waals surface area contributed by atoms with E-state index >= 15 is 0 Å². The number of amides is 2. The number of nitrogens with zero attached hydrogens (tertiary/aromatic N) is 1. The van der Waals surface area contributed by atoms with Gasteiger partial charge in [0.25, 0.3) is 0 Å². The van der Waals surface area contributed by atoms with Crippen molar-refractivity contribution in [3.63, 3.8) is 0 Å². The zero-order chi connectivity index (χ0) is 17.9. The summed E-state index contributed by atoms with van der Waals surface area (Å²) in [4.78, 5) is 25.3. The molecule has 0 aromatic heterocycles. The molecule has 1 fully saturated rings. The summed E-state index contributed by atoms with van der Waals surface area (Å²) in [6.07, 6.45) is -2.44. The van der Waals surface area contributed by atoms with E-state index in [0.29, 0.717) is 25.9 Å². The second-order valence-electron chi connectivity index (χ2n) is 5.49. The molecule has 24 heavy (non-hydrogen) atoms. The van der Waals surface area contributed by atoms with Crippen LogP contribution in [0.4, 0.5) is 18.9 Å². The van der Waals surface area contributed by atoms with Crippen molar-refractivity contribution < 1.29 is 22.8 Å². The lowest BCUT2D eigenvalue weighted by Gasteiger charge is -2.30. The zero-order valence-corrected chi connectivity index (χ0v) is 13.5. The van der Waals surface area contributed by atoms with Crippen LogP contribution in [0.2, 0.25) is 5.02 Å². The highest BCUT2D eigenvalue weighted by Crippen LogP contribution is 2.34. The summed E-state index contributed by atoms with van der Waals surface area (Å²) in [5.41, 5.74) is -0.949. The number of alkyl halides is 3. The van der Waals surface area contributed by atoms with Crippen LogP contribution in [0.25, 0.3) is 0 Å². The molecule has 8 heteroatoms. The highest BCUT2D eigenvalue weighted by Gasteiger charge is 2.32. The molecule has 1 aromatic rings. The van der Waals surface area contributed by atoms with Crippen LogP contribution in [0.3, 0.4) is 0 Å². The first-order valence-electron chi connectivity index (χ1n) is 7.31. The van der Waals surface area contributed by atoms with E-state index in [1.165, 1.54) is 6.08 Å². The quantitative estimate of drug-likeness (QED) is 0.835. The molecule has 1 N–H and O–H groups in total. The normalized spacial score (nSPS) is 15.9. The van der Waals surface area contributed by atoms with Gasteiger partial charge in [0, 0.05) is 19.0 Å². The van der Waals surface area contributed by atoms with E-state index in [1.54, 1.807) is 4.90 Å². The predicted octanol–water partition coefficient (Wildman–Crippen LogP) is 3.72. The minimum absolute atomic E-state index is 0.0376. The molecule has 1 aliphatic rings. The van der Waals surface area contributed by atoms with Gasteiger partial charge in [0.2, 0.25) is 11.8 Å². The molecule has 1 aliphatic heterocycles. The first kappa shape index (κ1) is 18.3. The maximum atomic E-state index is 12.7. The number of likely N-dealkylation sites (tertiary alicyclic amines) is 1. The Morgan fingerprint density at radius 3 is 2.46 bits per heavy atom. The molecule has 2 rings (SSSR count). The predicted molar refractivity (Wildman–Crippen MR) is 84.6 cm³/mol. The number of hydrogen-bond acceptors (Lipinski definition) is 2. The third kappa shape index (κ3) is 4.29. The van der Waals surface area contributed by atoms with E-state index in [-0.39, 0.29) is 22.5 Å². The molecule has 0 unspecified atom stereocenters. The lowest BCUT2D eigenvalue weighted by atomic mass is 9.95. The fourth-order valence-electron chi connectivity index (χ4n) is 2.52. The van der Waals surface area contributed by atoms with Crippen LogP contribution in [-0.2, 0) is 15.8 Å². The average molecular weight is 361 g/mol. The minimum atomic E-state index is -4.51. The summed E-state index contributed by atoms with van der Waals surface area (Å²) in [6, 6.07) is 2.78.